The molecule has 12 heteroatoms. The van der Waals surface area contributed by atoms with Crippen molar-refractivity contribution in [2.75, 3.05) is 32.1 Å². The second-order valence-electron chi connectivity index (χ2n) is 8.44. The van der Waals surface area contributed by atoms with Gasteiger partial charge in [0.2, 0.25) is 11.8 Å². The maximum Gasteiger partial charge on any atom is 0.264 e. The molecule has 0 fully saturated rings. The molecule has 0 radical (unpaired) electrons. The molecule has 0 aromatic heterocycles. The first-order valence-corrected chi connectivity index (χ1v) is 14.0. The first-order chi connectivity index (χ1) is 18.5. The van der Waals surface area contributed by atoms with Crippen molar-refractivity contribution in [3.63, 3.8) is 0 Å². The molecule has 0 bridgehead atoms. The topological polar surface area (TPSA) is 105 Å². The summed E-state index contributed by atoms with van der Waals surface area (Å²) in [6.45, 7) is 1.03. The number of likely N-dealkylation sites (N-methyl/N-ethyl adjacent to an activating group) is 1. The van der Waals surface area contributed by atoms with Crippen LogP contribution in [0.3, 0.4) is 0 Å². The number of ether oxygens (including phenoxy) is 2. The number of hydrogen-bond acceptors (Lipinski definition) is 6. The van der Waals surface area contributed by atoms with Crippen molar-refractivity contribution in [1.29, 1.82) is 0 Å². The molecule has 0 aliphatic rings. The predicted molar refractivity (Wildman–Crippen MR) is 151 cm³/mol. The molecule has 208 valence electrons. The van der Waals surface area contributed by atoms with Gasteiger partial charge in [-0.2, -0.15) is 0 Å². The fourth-order valence-electron chi connectivity index (χ4n) is 3.82. The van der Waals surface area contributed by atoms with Crippen LogP contribution in [-0.2, 0) is 26.2 Å². The second-order valence-corrected chi connectivity index (χ2v) is 11.2. The number of rotatable bonds is 11. The van der Waals surface area contributed by atoms with Gasteiger partial charge in [0.25, 0.3) is 10.0 Å². The molecule has 3 rings (SSSR count). The van der Waals surface area contributed by atoms with E-state index in [4.69, 9.17) is 32.7 Å². The average Bonchev–Trinajstić information content (AvgIpc) is 2.94. The fourth-order valence-corrected chi connectivity index (χ4v) is 5.50. The van der Waals surface area contributed by atoms with E-state index in [1.54, 1.807) is 31.2 Å². The van der Waals surface area contributed by atoms with Crippen LogP contribution in [0.5, 0.6) is 11.5 Å². The van der Waals surface area contributed by atoms with Crippen molar-refractivity contribution in [3.8, 4) is 11.5 Å². The third-order valence-corrected chi connectivity index (χ3v) is 8.29. The Morgan fingerprint density at radius 1 is 0.897 bits per heavy atom. The zero-order valence-corrected chi connectivity index (χ0v) is 24.2. The summed E-state index contributed by atoms with van der Waals surface area (Å²) in [5.74, 6) is -0.448. The Labute approximate surface area is 238 Å². The average molecular weight is 595 g/mol. The van der Waals surface area contributed by atoms with Crippen LogP contribution in [0.1, 0.15) is 12.5 Å². The van der Waals surface area contributed by atoms with E-state index in [0.29, 0.717) is 21.4 Å². The van der Waals surface area contributed by atoms with Crippen LogP contribution in [0, 0.1) is 0 Å². The standard InChI is InChI=1S/C27H29Cl2N3O6S/c1-18(27(34)30-2)31(16-19-5-7-20(28)8-6-19)26(33)17-32(22-11-9-21(29)10-12-22)39(35,36)23-13-14-24(37-3)25(15-23)38-4/h5-15,18H,16-17H2,1-4H3,(H,30,34). The zero-order chi connectivity index (χ0) is 28.7. The fraction of sp³-hybridized carbons (Fsp3) is 0.259. The Morgan fingerprint density at radius 3 is 2.00 bits per heavy atom. The highest BCUT2D eigenvalue weighted by Crippen LogP contribution is 2.32. The number of carbonyl (C=O) groups excluding carboxylic acids is 2. The van der Waals surface area contributed by atoms with Crippen molar-refractivity contribution >= 4 is 50.7 Å². The molecule has 0 heterocycles. The zero-order valence-electron chi connectivity index (χ0n) is 21.9. The van der Waals surface area contributed by atoms with Gasteiger partial charge in [-0.05, 0) is 61.0 Å². The predicted octanol–water partition coefficient (Wildman–Crippen LogP) is 4.37. The highest BCUT2D eigenvalue weighted by Gasteiger charge is 2.32. The molecule has 39 heavy (non-hydrogen) atoms. The maximum atomic E-state index is 13.9. The molecule has 0 aliphatic heterocycles. The number of carbonyl (C=O) groups is 2. The second kappa shape index (κ2) is 13.1. The lowest BCUT2D eigenvalue weighted by atomic mass is 10.1. The number of sulfonamides is 1. The molecule has 0 saturated heterocycles. The number of methoxy groups -OCH3 is 2. The molecule has 1 N–H and O–H groups in total. The number of amides is 2. The Bertz CT molecular complexity index is 1420. The number of hydrogen-bond donors (Lipinski definition) is 1. The van der Waals surface area contributed by atoms with Crippen LogP contribution < -0.4 is 19.1 Å². The highest BCUT2D eigenvalue weighted by atomic mass is 35.5. The van der Waals surface area contributed by atoms with Crippen LogP contribution in [0.2, 0.25) is 10.0 Å². The lowest BCUT2D eigenvalue weighted by molar-refractivity contribution is -0.139. The van der Waals surface area contributed by atoms with Crippen LogP contribution in [-0.4, -0.2) is 59.0 Å². The van der Waals surface area contributed by atoms with Gasteiger partial charge in [0.15, 0.2) is 11.5 Å². The van der Waals surface area contributed by atoms with Gasteiger partial charge in [-0.25, -0.2) is 8.42 Å². The van der Waals surface area contributed by atoms with Crippen LogP contribution in [0.25, 0.3) is 0 Å². The minimum absolute atomic E-state index is 0.0510. The van der Waals surface area contributed by atoms with Gasteiger partial charge in [-0.15, -0.1) is 0 Å². The molecule has 1 atom stereocenters. The number of anilines is 1. The van der Waals surface area contributed by atoms with E-state index in [1.165, 1.54) is 68.6 Å². The van der Waals surface area contributed by atoms with E-state index >= 15 is 0 Å². The Kier molecular flexibility index (Phi) is 10.1. The summed E-state index contributed by atoms with van der Waals surface area (Å²) in [5, 5.41) is 3.45. The molecular weight excluding hydrogens is 565 g/mol. The summed E-state index contributed by atoms with van der Waals surface area (Å²) < 4.78 is 39.3. The molecule has 0 aliphatic carbocycles. The van der Waals surface area contributed by atoms with Crippen molar-refractivity contribution in [2.45, 2.75) is 24.4 Å². The van der Waals surface area contributed by atoms with Crippen LogP contribution in [0.4, 0.5) is 5.69 Å². The quantitative estimate of drug-likeness (QED) is 0.354. The normalized spacial score (nSPS) is 11.8. The summed E-state index contributed by atoms with van der Waals surface area (Å²) in [6.07, 6.45) is 0. The summed E-state index contributed by atoms with van der Waals surface area (Å²) in [6, 6.07) is 16.1. The van der Waals surface area contributed by atoms with Gasteiger partial charge in [0.05, 0.1) is 24.8 Å². The lowest BCUT2D eigenvalue weighted by Crippen LogP contribution is -2.50. The van der Waals surface area contributed by atoms with E-state index in [1.807, 2.05) is 0 Å². The van der Waals surface area contributed by atoms with Crippen molar-refractivity contribution in [2.24, 2.45) is 0 Å². The van der Waals surface area contributed by atoms with Crippen LogP contribution in [0.15, 0.2) is 71.6 Å². The van der Waals surface area contributed by atoms with Crippen molar-refractivity contribution in [3.05, 3.63) is 82.3 Å². The number of halogens is 2. The summed E-state index contributed by atoms with van der Waals surface area (Å²) in [4.78, 5) is 27.5. The highest BCUT2D eigenvalue weighted by molar-refractivity contribution is 7.92. The van der Waals surface area contributed by atoms with Gasteiger partial charge in [-0.3, -0.25) is 13.9 Å². The minimum atomic E-state index is -4.29. The molecule has 2 amide bonds. The van der Waals surface area contributed by atoms with E-state index < -0.39 is 34.4 Å². The monoisotopic (exact) mass is 593 g/mol. The van der Waals surface area contributed by atoms with E-state index in [0.717, 1.165) is 4.31 Å². The summed E-state index contributed by atoms with van der Waals surface area (Å²) in [5.41, 5.74) is 0.922. The van der Waals surface area contributed by atoms with Gasteiger partial charge in [0.1, 0.15) is 12.6 Å². The first kappa shape index (κ1) is 30.1. The number of nitrogens with zero attached hydrogens (tertiary/aromatic N) is 2. The molecule has 3 aromatic rings. The third kappa shape index (κ3) is 7.14. The minimum Gasteiger partial charge on any atom is -0.493 e. The van der Waals surface area contributed by atoms with Crippen LogP contribution >= 0.6 is 23.2 Å². The first-order valence-electron chi connectivity index (χ1n) is 11.8. The molecular formula is C27H29Cl2N3O6S. The van der Waals surface area contributed by atoms with Gasteiger partial charge < -0.3 is 19.7 Å². The van der Waals surface area contributed by atoms with Crippen molar-refractivity contribution < 1.29 is 27.5 Å². The Hall–Kier alpha value is -3.47. The van der Waals surface area contributed by atoms with Gasteiger partial charge in [0, 0.05) is 29.7 Å². The maximum absolute atomic E-state index is 13.9. The summed E-state index contributed by atoms with van der Waals surface area (Å²) >= 11 is 12.0. The SMILES string of the molecule is CNC(=O)C(C)N(Cc1ccc(Cl)cc1)C(=O)CN(c1ccc(Cl)cc1)S(=O)(=O)c1ccc(OC)c(OC)c1. The van der Waals surface area contributed by atoms with E-state index in [2.05, 4.69) is 5.32 Å². The van der Waals surface area contributed by atoms with E-state index in [-0.39, 0.29) is 22.9 Å². The Balaban J connectivity index is 2.06. The molecule has 0 saturated carbocycles. The molecule has 9 nitrogen and oxygen atoms in total. The van der Waals surface area contributed by atoms with Gasteiger partial charge >= 0.3 is 0 Å². The molecule has 0 spiro atoms. The lowest BCUT2D eigenvalue weighted by Gasteiger charge is -2.31. The van der Waals surface area contributed by atoms with E-state index in [9.17, 15) is 18.0 Å². The smallest absolute Gasteiger partial charge is 0.264 e. The summed E-state index contributed by atoms with van der Waals surface area (Å²) in [7, 11) is 0.000190. The van der Waals surface area contributed by atoms with Crippen molar-refractivity contribution in [1.82, 2.24) is 10.2 Å². The largest absolute Gasteiger partial charge is 0.493 e. The number of nitrogens with one attached hydrogen (secondary N) is 1. The Morgan fingerprint density at radius 2 is 1.46 bits per heavy atom. The third-order valence-electron chi connectivity index (χ3n) is 6.02. The van der Waals surface area contributed by atoms with Gasteiger partial charge in [-0.1, -0.05) is 35.3 Å². The molecule has 3 aromatic carbocycles. The number of benzene rings is 3. The molecule has 1 unspecified atom stereocenters.